The van der Waals surface area contributed by atoms with E-state index in [1.54, 1.807) is 32.4 Å². The van der Waals surface area contributed by atoms with E-state index >= 15 is 0 Å². The highest BCUT2D eigenvalue weighted by molar-refractivity contribution is 5.79. The van der Waals surface area contributed by atoms with Gasteiger partial charge in [-0.1, -0.05) is 30.3 Å². The van der Waals surface area contributed by atoms with Crippen LogP contribution >= 0.6 is 0 Å². The van der Waals surface area contributed by atoms with Crippen LogP contribution in [-0.2, 0) is 13.0 Å². The van der Waals surface area contributed by atoms with Gasteiger partial charge in [-0.05, 0) is 35.7 Å². The summed E-state index contributed by atoms with van der Waals surface area (Å²) < 4.78 is 34.9. The van der Waals surface area contributed by atoms with Crippen LogP contribution < -0.4 is 20.1 Å². The van der Waals surface area contributed by atoms with Gasteiger partial charge in [0.2, 0.25) is 0 Å². The molecule has 2 aromatic carbocycles. The Labute approximate surface area is 158 Å². The van der Waals surface area contributed by atoms with E-state index in [4.69, 9.17) is 9.47 Å². The van der Waals surface area contributed by atoms with Gasteiger partial charge in [0.1, 0.15) is 18.1 Å². The van der Waals surface area contributed by atoms with E-state index < -0.39 is 13.0 Å². The largest absolute Gasteiger partial charge is 0.496 e. The molecule has 0 saturated carbocycles. The summed E-state index contributed by atoms with van der Waals surface area (Å²) >= 11 is 0. The number of rotatable bonds is 9. The summed E-state index contributed by atoms with van der Waals surface area (Å²) in [6, 6.07) is 14.9. The van der Waals surface area contributed by atoms with Crippen molar-refractivity contribution in [3.05, 3.63) is 59.7 Å². The van der Waals surface area contributed by atoms with Gasteiger partial charge in [-0.2, -0.15) is 0 Å². The molecule has 0 amide bonds. The zero-order valence-corrected chi connectivity index (χ0v) is 15.5. The van der Waals surface area contributed by atoms with Crippen molar-refractivity contribution in [1.29, 1.82) is 0 Å². The summed E-state index contributed by atoms with van der Waals surface area (Å²) in [5.41, 5.74) is 2.03. The molecule has 0 unspecified atom stereocenters. The maximum absolute atomic E-state index is 12.2. The third kappa shape index (κ3) is 7.13. The highest BCUT2D eigenvalue weighted by Gasteiger charge is 2.05. The number of guanidine groups is 1. The quantitative estimate of drug-likeness (QED) is 0.520. The summed E-state index contributed by atoms with van der Waals surface area (Å²) in [6.07, 6.45) is -1.69. The zero-order chi connectivity index (χ0) is 19.5. The summed E-state index contributed by atoms with van der Waals surface area (Å²) in [6.45, 7) is 0.584. The molecule has 2 rings (SSSR count). The molecule has 0 atom stereocenters. The third-order valence-electron chi connectivity index (χ3n) is 3.84. The molecule has 0 spiro atoms. The minimum absolute atomic E-state index is 0.425. The summed E-state index contributed by atoms with van der Waals surface area (Å²) in [7, 11) is 3.35. The van der Waals surface area contributed by atoms with Crippen LogP contribution in [0.5, 0.6) is 11.5 Å². The van der Waals surface area contributed by atoms with E-state index in [1.165, 1.54) is 0 Å². The van der Waals surface area contributed by atoms with Gasteiger partial charge in [0.25, 0.3) is 6.43 Å². The van der Waals surface area contributed by atoms with Gasteiger partial charge in [-0.3, -0.25) is 4.99 Å². The molecule has 0 radical (unpaired) electrons. The second-order valence-electron chi connectivity index (χ2n) is 5.76. The van der Waals surface area contributed by atoms with Gasteiger partial charge < -0.3 is 20.1 Å². The monoisotopic (exact) mass is 377 g/mol. The molecule has 0 bridgehead atoms. The number of aliphatic imine (C=N–C) groups is 1. The predicted molar refractivity (Wildman–Crippen MR) is 103 cm³/mol. The van der Waals surface area contributed by atoms with E-state index in [0.717, 1.165) is 23.3 Å². The minimum atomic E-state index is -2.49. The number of benzene rings is 2. The Hall–Kier alpha value is -2.83. The Morgan fingerprint density at radius 1 is 1.11 bits per heavy atom. The maximum atomic E-state index is 12.2. The molecule has 5 nitrogen and oxygen atoms in total. The molecule has 0 aromatic heterocycles. The first-order valence-electron chi connectivity index (χ1n) is 8.68. The van der Waals surface area contributed by atoms with Crippen molar-refractivity contribution >= 4 is 5.96 Å². The Kier molecular flexibility index (Phi) is 8.35. The average molecular weight is 377 g/mol. The molecule has 2 aromatic rings. The van der Waals surface area contributed by atoms with E-state index in [0.29, 0.717) is 24.8 Å². The highest BCUT2D eigenvalue weighted by Crippen LogP contribution is 2.17. The fourth-order valence-corrected chi connectivity index (χ4v) is 2.54. The van der Waals surface area contributed by atoms with Gasteiger partial charge in [-0.25, -0.2) is 8.78 Å². The molecule has 0 aliphatic rings. The van der Waals surface area contributed by atoms with Crippen molar-refractivity contribution < 1.29 is 18.3 Å². The van der Waals surface area contributed by atoms with Gasteiger partial charge in [0.05, 0.1) is 7.11 Å². The maximum Gasteiger partial charge on any atom is 0.272 e. The zero-order valence-electron chi connectivity index (χ0n) is 15.5. The molecule has 27 heavy (non-hydrogen) atoms. The molecule has 7 heteroatoms. The van der Waals surface area contributed by atoms with E-state index in [-0.39, 0.29) is 0 Å². The van der Waals surface area contributed by atoms with E-state index in [2.05, 4.69) is 15.6 Å². The summed E-state index contributed by atoms with van der Waals surface area (Å²) in [5.74, 6) is 1.94. The molecule has 0 saturated heterocycles. The Balaban J connectivity index is 1.81. The van der Waals surface area contributed by atoms with Gasteiger partial charge in [0.15, 0.2) is 5.96 Å². The van der Waals surface area contributed by atoms with E-state index in [1.807, 2.05) is 30.3 Å². The standard InChI is InChI=1S/C20H25F2N3O2/c1-23-20(24-11-10-16-7-3-4-9-18(16)26-2)25-13-15-6-5-8-17(12-15)27-14-19(21)22/h3-9,12,19H,10-11,13-14H2,1-2H3,(H2,23,24,25). The number of hydrogen-bond acceptors (Lipinski definition) is 3. The van der Waals surface area contributed by atoms with Crippen molar-refractivity contribution in [2.75, 3.05) is 27.3 Å². The van der Waals surface area contributed by atoms with Crippen LogP contribution in [0.15, 0.2) is 53.5 Å². The van der Waals surface area contributed by atoms with Gasteiger partial charge in [-0.15, -0.1) is 0 Å². The fraction of sp³-hybridized carbons (Fsp3) is 0.350. The third-order valence-corrected chi connectivity index (χ3v) is 3.84. The van der Waals surface area contributed by atoms with Crippen molar-refractivity contribution in [3.8, 4) is 11.5 Å². The summed E-state index contributed by atoms with van der Waals surface area (Å²) in [5, 5.41) is 6.44. The number of alkyl halides is 2. The van der Waals surface area contributed by atoms with Gasteiger partial charge >= 0.3 is 0 Å². The van der Waals surface area contributed by atoms with Crippen LogP contribution in [0, 0.1) is 0 Å². The van der Waals surface area contributed by atoms with Crippen molar-refractivity contribution in [1.82, 2.24) is 10.6 Å². The van der Waals surface area contributed by atoms with Crippen LogP contribution in [0.25, 0.3) is 0 Å². The first-order chi connectivity index (χ1) is 13.1. The molecule has 0 aliphatic heterocycles. The second kappa shape index (κ2) is 11.0. The first-order valence-corrected chi connectivity index (χ1v) is 8.68. The number of hydrogen-bond donors (Lipinski definition) is 2. The molecular formula is C20H25F2N3O2. The molecule has 2 N–H and O–H groups in total. The highest BCUT2D eigenvalue weighted by atomic mass is 19.3. The molecular weight excluding hydrogens is 352 g/mol. The van der Waals surface area contributed by atoms with Crippen molar-refractivity contribution in [2.45, 2.75) is 19.4 Å². The van der Waals surface area contributed by atoms with Crippen LogP contribution in [0.4, 0.5) is 8.78 Å². The first kappa shape index (κ1) is 20.5. The number of halogens is 2. The van der Waals surface area contributed by atoms with Gasteiger partial charge in [0, 0.05) is 20.1 Å². The SMILES string of the molecule is CN=C(NCCc1ccccc1OC)NCc1cccc(OCC(F)F)c1. The topological polar surface area (TPSA) is 54.9 Å². The molecule has 0 aliphatic carbocycles. The molecule has 0 fully saturated rings. The average Bonchev–Trinajstić information content (AvgIpc) is 2.69. The van der Waals surface area contributed by atoms with Crippen LogP contribution in [0.2, 0.25) is 0 Å². The lowest BCUT2D eigenvalue weighted by Crippen LogP contribution is -2.37. The predicted octanol–water partition coefficient (Wildman–Crippen LogP) is 3.25. The second-order valence-corrected chi connectivity index (χ2v) is 5.76. The molecule has 146 valence electrons. The fourth-order valence-electron chi connectivity index (χ4n) is 2.54. The lowest BCUT2D eigenvalue weighted by molar-refractivity contribution is 0.0818. The van der Waals surface area contributed by atoms with Crippen LogP contribution in [-0.4, -0.2) is 39.7 Å². The van der Waals surface area contributed by atoms with Crippen molar-refractivity contribution in [2.24, 2.45) is 4.99 Å². The number of ether oxygens (including phenoxy) is 2. The normalized spacial score (nSPS) is 11.4. The van der Waals surface area contributed by atoms with Crippen LogP contribution in [0.1, 0.15) is 11.1 Å². The van der Waals surface area contributed by atoms with Crippen LogP contribution in [0.3, 0.4) is 0 Å². The number of methoxy groups -OCH3 is 1. The number of para-hydroxylation sites is 1. The Morgan fingerprint density at radius 2 is 1.93 bits per heavy atom. The summed E-state index contributed by atoms with van der Waals surface area (Å²) in [4.78, 5) is 4.19. The minimum Gasteiger partial charge on any atom is -0.496 e. The lowest BCUT2D eigenvalue weighted by Gasteiger charge is -2.13. The van der Waals surface area contributed by atoms with E-state index in [9.17, 15) is 8.78 Å². The molecule has 0 heterocycles. The van der Waals surface area contributed by atoms with Crippen molar-refractivity contribution in [3.63, 3.8) is 0 Å². The number of nitrogens with zero attached hydrogens (tertiary/aromatic N) is 1. The smallest absolute Gasteiger partial charge is 0.272 e. The lowest BCUT2D eigenvalue weighted by atomic mass is 10.1. The Bertz CT molecular complexity index is 739. The number of nitrogens with one attached hydrogen (secondary N) is 2. The Morgan fingerprint density at radius 3 is 2.67 bits per heavy atom.